The predicted molar refractivity (Wildman–Crippen MR) is 296 cm³/mol. The number of amides is 2. The van der Waals surface area contributed by atoms with E-state index in [4.69, 9.17) is 25.8 Å². The van der Waals surface area contributed by atoms with Crippen LogP contribution in [0.4, 0.5) is 4.39 Å². The molecule has 76 heavy (non-hydrogen) atoms. The van der Waals surface area contributed by atoms with E-state index in [2.05, 4.69) is 59.9 Å². The zero-order valence-electron chi connectivity index (χ0n) is 45.7. The van der Waals surface area contributed by atoms with Crippen molar-refractivity contribution in [2.45, 2.75) is 142 Å². The van der Waals surface area contributed by atoms with Crippen molar-refractivity contribution in [3.8, 4) is 29.1 Å². The second-order valence-electron chi connectivity index (χ2n) is 23.2. The van der Waals surface area contributed by atoms with E-state index in [1.807, 2.05) is 7.05 Å². The SMILES string of the molecule is CCS(=O)(=O)Cc1ccc(Oc2cccc(OCCC3CCN(C(NC)NCC(C(=O)NC4C(C)(C)C(Oc5ccc(C#N)c(Cl)c5)C4(C)C)C4CCCCCCCC4)CC3)c2F)c(C2=CN(C)C(=O)C3NCCC23)c1. The van der Waals surface area contributed by atoms with Crippen LogP contribution in [-0.4, -0.2) is 107 Å². The molecule has 5 aliphatic rings. The minimum absolute atomic E-state index is 0.00386. The molecule has 0 aromatic heterocycles. The number of likely N-dealkylation sites (tertiary alicyclic amines) is 1. The minimum Gasteiger partial charge on any atom is -0.490 e. The Labute approximate surface area is 456 Å². The maximum absolute atomic E-state index is 16.3. The van der Waals surface area contributed by atoms with Crippen LogP contribution in [0.2, 0.25) is 5.02 Å². The first-order valence-electron chi connectivity index (χ1n) is 27.8. The van der Waals surface area contributed by atoms with E-state index in [1.54, 1.807) is 79.7 Å². The van der Waals surface area contributed by atoms with Crippen LogP contribution in [0, 0.1) is 51.6 Å². The molecule has 4 atom stereocenters. The normalized spacial score (nSPS) is 24.1. The van der Waals surface area contributed by atoms with Crippen LogP contribution in [0.1, 0.15) is 128 Å². The van der Waals surface area contributed by atoms with Crippen LogP contribution in [0.25, 0.3) is 5.57 Å². The topological polar surface area (TPSA) is 174 Å². The summed E-state index contributed by atoms with van der Waals surface area (Å²) in [5, 5.41) is 23.9. The number of nitriles is 1. The summed E-state index contributed by atoms with van der Waals surface area (Å²) in [5.74, 6) is 0.617. The number of carbonyl (C=O) groups is 2. The molecule has 3 aliphatic heterocycles. The second kappa shape index (κ2) is 24.9. The summed E-state index contributed by atoms with van der Waals surface area (Å²) in [5.41, 5.74) is 1.70. The molecule has 4 fully saturated rings. The smallest absolute Gasteiger partial charge is 0.244 e. The number of piperidine rings is 1. The maximum Gasteiger partial charge on any atom is 0.244 e. The van der Waals surface area contributed by atoms with Crippen LogP contribution < -0.4 is 35.5 Å². The average molecular weight is 1090 g/mol. The molecule has 4 unspecified atom stereocenters. The Hall–Kier alpha value is -4.76. The van der Waals surface area contributed by atoms with E-state index in [9.17, 15) is 23.3 Å². The summed E-state index contributed by atoms with van der Waals surface area (Å²) < 4.78 is 60.7. The first-order valence-corrected chi connectivity index (χ1v) is 30.0. The van der Waals surface area contributed by atoms with E-state index in [0.717, 1.165) is 70.0 Å². The third-order valence-corrected chi connectivity index (χ3v) is 19.2. The number of hydrogen-bond acceptors (Lipinski definition) is 12. The van der Waals surface area contributed by atoms with E-state index in [-0.39, 0.29) is 81.8 Å². The van der Waals surface area contributed by atoms with Gasteiger partial charge in [0.15, 0.2) is 21.3 Å². The molecule has 414 valence electrons. The van der Waals surface area contributed by atoms with Crippen LogP contribution in [0.15, 0.2) is 60.8 Å². The van der Waals surface area contributed by atoms with Crippen LogP contribution in [-0.2, 0) is 25.2 Å². The molecule has 17 heteroatoms. The van der Waals surface area contributed by atoms with Crippen LogP contribution in [0.5, 0.6) is 23.0 Å². The van der Waals surface area contributed by atoms with E-state index < -0.39 is 21.7 Å². The van der Waals surface area contributed by atoms with Gasteiger partial charge in [-0.25, -0.2) is 8.42 Å². The molecular weight excluding hydrogens is 1010 g/mol. The van der Waals surface area contributed by atoms with Gasteiger partial charge in [-0.1, -0.05) is 96.9 Å². The van der Waals surface area contributed by atoms with Crippen molar-refractivity contribution in [3.63, 3.8) is 0 Å². The fourth-order valence-corrected chi connectivity index (χ4v) is 14.3. The van der Waals surface area contributed by atoms with Gasteiger partial charge in [-0.15, -0.1) is 0 Å². The lowest BCUT2D eigenvalue weighted by atomic mass is 9.49. The number of fused-ring (bicyclic) bond motifs is 1. The number of benzene rings is 3. The van der Waals surface area contributed by atoms with Crippen molar-refractivity contribution < 1.29 is 36.6 Å². The van der Waals surface area contributed by atoms with Gasteiger partial charge >= 0.3 is 0 Å². The maximum atomic E-state index is 16.3. The summed E-state index contributed by atoms with van der Waals surface area (Å²) in [6, 6.07) is 16.8. The fourth-order valence-electron chi connectivity index (χ4n) is 13.2. The molecule has 2 aliphatic carbocycles. The number of carbonyl (C=O) groups excluding carboxylic acids is 2. The number of hydrogen-bond donors (Lipinski definition) is 4. The van der Waals surface area contributed by atoms with E-state index >= 15 is 4.39 Å². The van der Waals surface area contributed by atoms with Gasteiger partial charge in [-0.3, -0.25) is 25.1 Å². The average Bonchev–Trinajstić information content (AvgIpc) is 4.01. The Morgan fingerprint density at radius 3 is 2.32 bits per heavy atom. The first-order chi connectivity index (χ1) is 36.3. The molecule has 0 radical (unpaired) electrons. The van der Waals surface area contributed by atoms with Crippen LogP contribution >= 0.6 is 11.6 Å². The van der Waals surface area contributed by atoms with Gasteiger partial charge in [0.2, 0.25) is 17.6 Å². The van der Waals surface area contributed by atoms with Crippen molar-refractivity contribution in [3.05, 3.63) is 88.3 Å². The van der Waals surface area contributed by atoms with Crippen molar-refractivity contribution >= 4 is 38.8 Å². The molecule has 3 aromatic carbocycles. The van der Waals surface area contributed by atoms with Crippen molar-refractivity contribution in [1.82, 2.24) is 31.1 Å². The molecule has 3 aromatic rings. The Morgan fingerprint density at radius 2 is 1.64 bits per heavy atom. The molecule has 0 bridgehead atoms. The highest BCUT2D eigenvalue weighted by molar-refractivity contribution is 7.90. The van der Waals surface area contributed by atoms with Gasteiger partial charge in [0, 0.05) is 73.1 Å². The van der Waals surface area contributed by atoms with Crippen molar-refractivity contribution in [2.24, 2.45) is 34.5 Å². The summed E-state index contributed by atoms with van der Waals surface area (Å²) in [4.78, 5) is 31.8. The number of nitrogens with one attached hydrogen (secondary N) is 4. The largest absolute Gasteiger partial charge is 0.490 e. The summed E-state index contributed by atoms with van der Waals surface area (Å²) in [6.45, 7) is 13.5. The molecule has 2 amide bonds. The third-order valence-electron chi connectivity index (χ3n) is 17.2. The fraction of sp³-hybridized carbons (Fsp3) is 0.610. The number of sulfone groups is 1. The highest BCUT2D eigenvalue weighted by Crippen LogP contribution is 2.56. The molecule has 3 heterocycles. The second-order valence-corrected chi connectivity index (χ2v) is 25.9. The van der Waals surface area contributed by atoms with Gasteiger partial charge < -0.3 is 29.7 Å². The molecule has 14 nitrogen and oxygen atoms in total. The number of rotatable bonds is 20. The predicted octanol–water partition coefficient (Wildman–Crippen LogP) is 9.81. The Bertz CT molecular complexity index is 2700. The van der Waals surface area contributed by atoms with E-state index in [1.165, 1.54) is 25.7 Å². The number of ether oxygens (including phenoxy) is 3. The van der Waals surface area contributed by atoms with Gasteiger partial charge in [-0.2, -0.15) is 9.65 Å². The van der Waals surface area contributed by atoms with Gasteiger partial charge in [0.25, 0.3) is 0 Å². The summed E-state index contributed by atoms with van der Waals surface area (Å²) in [6.07, 6.45) is 14.0. The Balaban J connectivity index is 0.871. The van der Waals surface area contributed by atoms with Crippen molar-refractivity contribution in [2.75, 3.05) is 52.6 Å². The molecule has 0 spiro atoms. The molecule has 2 saturated heterocycles. The Kier molecular flexibility index (Phi) is 18.8. The number of nitrogens with zero attached hydrogens (tertiary/aromatic N) is 3. The first kappa shape index (κ1) is 57.4. The third kappa shape index (κ3) is 13.0. The minimum atomic E-state index is -3.34. The highest BCUT2D eigenvalue weighted by atomic mass is 35.5. The van der Waals surface area contributed by atoms with Crippen LogP contribution in [0.3, 0.4) is 0 Å². The lowest BCUT2D eigenvalue weighted by Gasteiger charge is -2.63. The van der Waals surface area contributed by atoms with E-state index in [0.29, 0.717) is 58.8 Å². The zero-order chi connectivity index (χ0) is 54.4. The van der Waals surface area contributed by atoms with Gasteiger partial charge in [0.1, 0.15) is 30.0 Å². The molecule has 2 saturated carbocycles. The monoisotopic (exact) mass is 1090 g/mol. The van der Waals surface area contributed by atoms with Gasteiger partial charge in [0.05, 0.1) is 34.9 Å². The van der Waals surface area contributed by atoms with Crippen molar-refractivity contribution in [1.29, 1.82) is 5.26 Å². The lowest BCUT2D eigenvalue weighted by Crippen LogP contribution is -2.75. The highest BCUT2D eigenvalue weighted by Gasteiger charge is 2.64. The summed E-state index contributed by atoms with van der Waals surface area (Å²) >= 11 is 6.38. The molecule has 4 N–H and O–H groups in total. The Morgan fingerprint density at radius 1 is 0.947 bits per heavy atom. The lowest BCUT2D eigenvalue weighted by molar-refractivity contribution is -0.175. The standard InChI is InChI=1S/C59H81ClFN7O7S/c1-8-76(71,72)37-39-20-23-48(44(32-39)46-36-67(7)54(70)52-43(46)24-28-64-52)75-50-19-15-18-49(51(50)61)73-31-27-38-25-29-68(30-26-38)57(63-6)65-35-45(40-16-13-11-9-10-12-14-17-40)53(69)66-55-58(2,3)56(59(55,4)5)74-42-22-21-41(34-62)47(60)33-42/h15,18-23,32-33,36,38,40,43,45,52,55-57,63-65H,8-14,16-17,24-31,35,37H2,1-7H3,(H,66,69). The quantitative estimate of drug-likeness (QED) is 0.0790. The zero-order valence-corrected chi connectivity index (χ0v) is 47.3. The summed E-state index contributed by atoms with van der Waals surface area (Å²) in [7, 11) is 0.325. The number of likely N-dealkylation sites (N-methyl/N-ethyl adjacent to an activating group) is 1. The van der Waals surface area contributed by atoms with Gasteiger partial charge in [-0.05, 0) is 111 Å². The number of halogens is 2. The molecule has 8 rings (SSSR count). The molecular formula is C59H81ClFN7O7S.